The lowest BCUT2D eigenvalue weighted by Gasteiger charge is -2.10. The average molecular weight is 362 g/mol. The van der Waals surface area contributed by atoms with Crippen molar-refractivity contribution in [3.05, 3.63) is 66.2 Å². The van der Waals surface area contributed by atoms with E-state index < -0.39 is 5.97 Å². The Balaban J connectivity index is 1.84. The summed E-state index contributed by atoms with van der Waals surface area (Å²) >= 11 is 0. The van der Waals surface area contributed by atoms with Crippen LogP contribution in [-0.2, 0) is 9.53 Å². The average Bonchev–Trinajstić information content (AvgIpc) is 2.72. The zero-order valence-corrected chi connectivity index (χ0v) is 15.3. The number of para-hydroxylation sites is 1. The van der Waals surface area contributed by atoms with Gasteiger partial charge in [0.15, 0.2) is 6.61 Å². The van der Waals surface area contributed by atoms with Gasteiger partial charge >= 0.3 is 5.97 Å². The molecule has 0 spiro atoms. The molecule has 0 bridgehead atoms. The van der Waals surface area contributed by atoms with E-state index in [4.69, 9.17) is 4.74 Å². The van der Waals surface area contributed by atoms with Crippen LogP contribution in [0.3, 0.4) is 0 Å². The van der Waals surface area contributed by atoms with Crippen molar-refractivity contribution < 1.29 is 14.3 Å². The Morgan fingerprint density at radius 2 is 1.78 bits per heavy atom. The van der Waals surface area contributed by atoms with Crippen LogP contribution in [0.4, 0.5) is 0 Å². The minimum absolute atomic E-state index is 0.292. The lowest BCUT2D eigenvalue weighted by Crippen LogP contribution is -2.29. The van der Waals surface area contributed by atoms with E-state index in [-0.39, 0.29) is 12.5 Å². The second-order valence-corrected chi connectivity index (χ2v) is 6.22. The summed E-state index contributed by atoms with van der Waals surface area (Å²) in [5, 5.41) is 3.44. The van der Waals surface area contributed by atoms with E-state index in [9.17, 15) is 9.59 Å². The molecule has 1 N–H and O–H groups in total. The van der Waals surface area contributed by atoms with Gasteiger partial charge in [0.05, 0.1) is 16.8 Å². The fourth-order valence-corrected chi connectivity index (χ4v) is 2.77. The van der Waals surface area contributed by atoms with Crippen molar-refractivity contribution in [2.75, 3.05) is 13.2 Å². The smallest absolute Gasteiger partial charge is 0.339 e. The summed E-state index contributed by atoms with van der Waals surface area (Å²) in [7, 11) is 0. The number of ether oxygens (including phenoxy) is 1. The molecule has 1 amide bonds. The number of carbonyl (C=O) groups excluding carboxylic acids is 2. The third-order valence-electron chi connectivity index (χ3n) is 4.19. The van der Waals surface area contributed by atoms with Gasteiger partial charge in [-0.15, -0.1) is 0 Å². The molecule has 3 rings (SSSR count). The first kappa shape index (κ1) is 18.6. The molecule has 27 heavy (non-hydrogen) atoms. The van der Waals surface area contributed by atoms with Crippen molar-refractivity contribution in [1.29, 1.82) is 0 Å². The monoisotopic (exact) mass is 362 g/mol. The molecular formula is C22H22N2O3. The molecular weight excluding hydrogens is 340 g/mol. The Labute approximate surface area is 158 Å². The minimum atomic E-state index is -0.531. The van der Waals surface area contributed by atoms with Crippen LogP contribution in [0.25, 0.3) is 22.2 Å². The Morgan fingerprint density at radius 3 is 2.56 bits per heavy atom. The molecule has 2 aromatic carbocycles. The number of esters is 1. The number of pyridine rings is 1. The van der Waals surface area contributed by atoms with Gasteiger partial charge in [0.25, 0.3) is 5.91 Å². The summed E-state index contributed by atoms with van der Waals surface area (Å²) in [5.41, 5.74) is 2.71. The summed E-state index contributed by atoms with van der Waals surface area (Å²) in [6.45, 7) is 2.34. The second-order valence-electron chi connectivity index (χ2n) is 6.22. The molecule has 0 saturated heterocycles. The van der Waals surface area contributed by atoms with Gasteiger partial charge < -0.3 is 10.1 Å². The van der Waals surface area contributed by atoms with Crippen LogP contribution >= 0.6 is 0 Å². The van der Waals surface area contributed by atoms with E-state index in [1.54, 1.807) is 6.07 Å². The van der Waals surface area contributed by atoms with Crippen molar-refractivity contribution in [2.45, 2.75) is 19.8 Å². The number of hydrogen-bond acceptors (Lipinski definition) is 4. The molecule has 0 aliphatic heterocycles. The van der Waals surface area contributed by atoms with Crippen molar-refractivity contribution in [2.24, 2.45) is 0 Å². The van der Waals surface area contributed by atoms with Crippen molar-refractivity contribution in [3.8, 4) is 11.3 Å². The van der Waals surface area contributed by atoms with Crippen LogP contribution in [-0.4, -0.2) is 30.0 Å². The summed E-state index contributed by atoms with van der Waals surface area (Å²) < 4.78 is 5.24. The van der Waals surface area contributed by atoms with Crippen LogP contribution in [0.1, 0.15) is 30.1 Å². The molecule has 0 saturated carbocycles. The van der Waals surface area contributed by atoms with Crippen LogP contribution in [0.15, 0.2) is 60.7 Å². The van der Waals surface area contributed by atoms with Crippen molar-refractivity contribution in [3.63, 3.8) is 0 Å². The lowest BCUT2D eigenvalue weighted by atomic mass is 10.0. The molecule has 0 fully saturated rings. The summed E-state index contributed by atoms with van der Waals surface area (Å²) in [5.74, 6) is -0.824. The number of fused-ring (bicyclic) bond motifs is 1. The summed E-state index contributed by atoms with van der Waals surface area (Å²) in [6, 6.07) is 18.8. The SMILES string of the molecule is CCCCNC(=O)COC(=O)c1cc(-c2ccccc2)nc2ccccc12. The number of aromatic nitrogens is 1. The van der Waals surface area contributed by atoms with Crippen LogP contribution in [0, 0.1) is 0 Å². The molecule has 0 aliphatic carbocycles. The number of nitrogens with zero attached hydrogens (tertiary/aromatic N) is 1. The Hall–Kier alpha value is -3.21. The molecule has 0 atom stereocenters. The molecule has 1 heterocycles. The predicted molar refractivity (Wildman–Crippen MR) is 105 cm³/mol. The number of nitrogens with one attached hydrogen (secondary N) is 1. The van der Waals surface area contributed by atoms with Crippen LogP contribution < -0.4 is 5.32 Å². The lowest BCUT2D eigenvalue weighted by molar-refractivity contribution is -0.124. The molecule has 3 aromatic rings. The normalized spacial score (nSPS) is 10.6. The maximum absolute atomic E-state index is 12.6. The first-order chi connectivity index (χ1) is 13.2. The summed E-state index contributed by atoms with van der Waals surface area (Å²) in [6.07, 6.45) is 1.89. The highest BCUT2D eigenvalue weighted by Crippen LogP contribution is 2.25. The van der Waals surface area contributed by atoms with Gasteiger partial charge in [-0.3, -0.25) is 4.79 Å². The van der Waals surface area contributed by atoms with Crippen molar-refractivity contribution >= 4 is 22.8 Å². The minimum Gasteiger partial charge on any atom is -0.452 e. The highest BCUT2D eigenvalue weighted by Gasteiger charge is 2.16. The fraction of sp³-hybridized carbons (Fsp3) is 0.227. The van der Waals surface area contributed by atoms with Gasteiger partial charge in [-0.2, -0.15) is 0 Å². The van der Waals surface area contributed by atoms with Gasteiger partial charge in [0.2, 0.25) is 0 Å². The number of unbranched alkanes of at least 4 members (excludes halogenated alkanes) is 1. The molecule has 0 radical (unpaired) electrons. The zero-order chi connectivity index (χ0) is 19.1. The molecule has 0 aliphatic rings. The second kappa shape index (κ2) is 8.94. The first-order valence-corrected chi connectivity index (χ1v) is 9.08. The number of rotatable bonds is 7. The zero-order valence-electron chi connectivity index (χ0n) is 15.3. The molecule has 1 aromatic heterocycles. The fourth-order valence-electron chi connectivity index (χ4n) is 2.77. The van der Waals surface area contributed by atoms with E-state index in [2.05, 4.69) is 10.3 Å². The highest BCUT2D eigenvalue weighted by molar-refractivity contribution is 6.05. The number of amides is 1. The van der Waals surface area contributed by atoms with E-state index in [1.165, 1.54) is 0 Å². The van der Waals surface area contributed by atoms with Crippen molar-refractivity contribution in [1.82, 2.24) is 10.3 Å². The van der Waals surface area contributed by atoms with Gasteiger partial charge in [0, 0.05) is 17.5 Å². The summed E-state index contributed by atoms with van der Waals surface area (Å²) in [4.78, 5) is 29.1. The van der Waals surface area contributed by atoms with Gasteiger partial charge in [-0.25, -0.2) is 9.78 Å². The van der Waals surface area contributed by atoms with Crippen LogP contribution in [0.5, 0.6) is 0 Å². The first-order valence-electron chi connectivity index (χ1n) is 9.08. The van der Waals surface area contributed by atoms with Crippen LogP contribution in [0.2, 0.25) is 0 Å². The largest absolute Gasteiger partial charge is 0.452 e. The third-order valence-corrected chi connectivity index (χ3v) is 4.19. The highest BCUT2D eigenvalue weighted by atomic mass is 16.5. The number of benzene rings is 2. The van der Waals surface area contributed by atoms with E-state index in [0.29, 0.717) is 28.7 Å². The van der Waals surface area contributed by atoms with Gasteiger partial charge in [-0.05, 0) is 18.6 Å². The number of hydrogen-bond donors (Lipinski definition) is 1. The van der Waals surface area contributed by atoms with Gasteiger partial charge in [-0.1, -0.05) is 61.9 Å². The van der Waals surface area contributed by atoms with E-state index >= 15 is 0 Å². The predicted octanol–water partition coefficient (Wildman–Crippen LogP) is 3.97. The molecule has 5 heteroatoms. The third kappa shape index (κ3) is 4.70. The topological polar surface area (TPSA) is 68.3 Å². The Kier molecular flexibility index (Phi) is 6.15. The van der Waals surface area contributed by atoms with E-state index in [1.807, 2.05) is 61.5 Å². The molecule has 5 nitrogen and oxygen atoms in total. The Morgan fingerprint density at radius 1 is 1.04 bits per heavy atom. The quantitative estimate of drug-likeness (QED) is 0.510. The van der Waals surface area contributed by atoms with Gasteiger partial charge in [0.1, 0.15) is 0 Å². The van der Waals surface area contributed by atoms with E-state index in [0.717, 1.165) is 18.4 Å². The molecule has 138 valence electrons. The maximum Gasteiger partial charge on any atom is 0.339 e. The standard InChI is InChI=1S/C22H22N2O3/c1-2-3-13-23-21(25)15-27-22(26)18-14-20(16-9-5-4-6-10-16)24-19-12-8-7-11-17(18)19/h4-12,14H,2-3,13,15H2,1H3,(H,23,25). The molecule has 0 unspecified atom stereocenters. The number of carbonyl (C=O) groups is 2. The Bertz CT molecular complexity index is 939. The maximum atomic E-state index is 12.6.